The van der Waals surface area contributed by atoms with Gasteiger partial charge in [-0.3, -0.25) is 0 Å². The summed E-state index contributed by atoms with van der Waals surface area (Å²) in [7, 11) is 0. The average Bonchev–Trinajstić information content (AvgIpc) is 3.02. The highest BCUT2D eigenvalue weighted by Gasteiger charge is 2.06. The van der Waals surface area contributed by atoms with Crippen molar-refractivity contribution in [3.63, 3.8) is 0 Å². The van der Waals surface area contributed by atoms with Crippen molar-refractivity contribution in [1.82, 2.24) is 10.2 Å². The summed E-state index contributed by atoms with van der Waals surface area (Å²) in [5.41, 5.74) is 5.20. The van der Waals surface area contributed by atoms with Gasteiger partial charge in [0, 0.05) is 12.3 Å². The Morgan fingerprint density at radius 1 is 1.00 bits per heavy atom. The highest BCUT2D eigenvalue weighted by atomic mass is 32.2. The van der Waals surface area contributed by atoms with Gasteiger partial charge in [0.2, 0.25) is 5.13 Å². The fourth-order valence-corrected chi connectivity index (χ4v) is 3.96. The summed E-state index contributed by atoms with van der Waals surface area (Å²) in [6.07, 6.45) is 0. The van der Waals surface area contributed by atoms with Crippen molar-refractivity contribution >= 4 is 28.2 Å². The van der Waals surface area contributed by atoms with Crippen LogP contribution in [0.15, 0.2) is 52.9 Å². The second-order valence-corrected chi connectivity index (χ2v) is 7.63. The number of hydrogen-bond donors (Lipinski definition) is 1. The molecule has 118 valence electrons. The highest BCUT2D eigenvalue weighted by molar-refractivity contribution is 8.00. The fraction of sp³-hybridized carbons (Fsp3) is 0.222. The second kappa shape index (κ2) is 7.62. The highest BCUT2D eigenvalue weighted by Crippen LogP contribution is 2.29. The number of rotatable bonds is 6. The van der Waals surface area contributed by atoms with E-state index in [2.05, 4.69) is 77.9 Å². The normalized spacial score (nSPS) is 10.7. The molecule has 0 bridgehead atoms. The van der Waals surface area contributed by atoms with E-state index in [0.29, 0.717) is 0 Å². The number of aryl methyl sites for hydroxylation is 2. The molecule has 0 fully saturated rings. The van der Waals surface area contributed by atoms with Crippen LogP contribution in [0.25, 0.3) is 0 Å². The van der Waals surface area contributed by atoms with Crippen LogP contribution in [-0.2, 0) is 12.3 Å². The van der Waals surface area contributed by atoms with Gasteiger partial charge < -0.3 is 5.32 Å². The number of nitrogens with one attached hydrogen (secondary N) is 1. The predicted molar refractivity (Wildman–Crippen MR) is 99.2 cm³/mol. The quantitative estimate of drug-likeness (QED) is 0.636. The first-order valence-corrected chi connectivity index (χ1v) is 9.31. The Bertz CT molecular complexity index is 766. The molecule has 23 heavy (non-hydrogen) atoms. The van der Waals surface area contributed by atoms with E-state index in [0.717, 1.165) is 21.8 Å². The Morgan fingerprint density at radius 3 is 2.57 bits per heavy atom. The third-order valence-electron chi connectivity index (χ3n) is 3.58. The van der Waals surface area contributed by atoms with E-state index in [1.807, 2.05) is 0 Å². The number of thioether (sulfide) groups is 1. The molecule has 0 spiro atoms. The number of aromatic nitrogens is 2. The molecule has 0 aliphatic carbocycles. The maximum absolute atomic E-state index is 4.26. The monoisotopic (exact) mass is 341 g/mol. The van der Waals surface area contributed by atoms with Gasteiger partial charge in [-0.15, -0.1) is 10.2 Å². The maximum Gasteiger partial charge on any atom is 0.206 e. The van der Waals surface area contributed by atoms with Gasteiger partial charge in [0.15, 0.2) is 4.34 Å². The molecule has 1 aromatic heterocycles. The van der Waals surface area contributed by atoms with Crippen LogP contribution in [-0.4, -0.2) is 10.2 Å². The molecule has 3 aromatic rings. The van der Waals surface area contributed by atoms with E-state index in [4.69, 9.17) is 0 Å². The number of hydrogen-bond acceptors (Lipinski definition) is 5. The Hall–Kier alpha value is -1.85. The van der Waals surface area contributed by atoms with Gasteiger partial charge in [0.25, 0.3) is 0 Å². The molecule has 1 heterocycles. The van der Waals surface area contributed by atoms with Gasteiger partial charge in [0.1, 0.15) is 0 Å². The lowest BCUT2D eigenvalue weighted by atomic mass is 10.1. The summed E-state index contributed by atoms with van der Waals surface area (Å²) < 4.78 is 1.000. The van der Waals surface area contributed by atoms with E-state index in [9.17, 15) is 0 Å². The van der Waals surface area contributed by atoms with Crippen LogP contribution in [0.5, 0.6) is 0 Å². The van der Waals surface area contributed by atoms with Gasteiger partial charge >= 0.3 is 0 Å². The SMILES string of the molecule is Cc1ccc(CNc2nnc(SCc3ccccc3C)s2)cc1. The molecule has 0 aliphatic heterocycles. The maximum atomic E-state index is 4.26. The van der Waals surface area contributed by atoms with Gasteiger partial charge in [-0.2, -0.15) is 0 Å². The molecule has 1 N–H and O–H groups in total. The first-order valence-electron chi connectivity index (χ1n) is 7.51. The summed E-state index contributed by atoms with van der Waals surface area (Å²) in [5, 5.41) is 12.7. The fourth-order valence-electron chi connectivity index (χ4n) is 2.13. The summed E-state index contributed by atoms with van der Waals surface area (Å²) in [5.74, 6) is 0.930. The molecular formula is C18H19N3S2. The van der Waals surface area contributed by atoms with E-state index in [-0.39, 0.29) is 0 Å². The zero-order chi connectivity index (χ0) is 16.1. The first-order chi connectivity index (χ1) is 11.2. The first kappa shape index (κ1) is 16.0. The van der Waals surface area contributed by atoms with Crippen molar-refractivity contribution in [3.05, 3.63) is 70.8 Å². The minimum absolute atomic E-state index is 0.775. The minimum Gasteiger partial charge on any atom is -0.356 e. The van der Waals surface area contributed by atoms with Crippen molar-refractivity contribution in [1.29, 1.82) is 0 Å². The molecule has 2 aromatic carbocycles. The molecular weight excluding hydrogens is 322 g/mol. The predicted octanol–water partition coefficient (Wildman–Crippen LogP) is 5.06. The Balaban J connectivity index is 1.53. The molecule has 3 nitrogen and oxygen atoms in total. The third kappa shape index (κ3) is 4.56. The summed E-state index contributed by atoms with van der Waals surface area (Å²) in [6, 6.07) is 17.0. The zero-order valence-electron chi connectivity index (χ0n) is 13.2. The van der Waals surface area contributed by atoms with E-state index >= 15 is 0 Å². The molecule has 5 heteroatoms. The van der Waals surface area contributed by atoms with Crippen molar-refractivity contribution in [3.8, 4) is 0 Å². The van der Waals surface area contributed by atoms with E-state index < -0.39 is 0 Å². The minimum atomic E-state index is 0.775. The van der Waals surface area contributed by atoms with Gasteiger partial charge in [-0.25, -0.2) is 0 Å². The van der Waals surface area contributed by atoms with E-state index in [1.54, 1.807) is 23.1 Å². The van der Waals surface area contributed by atoms with Crippen LogP contribution < -0.4 is 5.32 Å². The smallest absolute Gasteiger partial charge is 0.206 e. The lowest BCUT2D eigenvalue weighted by Gasteiger charge is -2.03. The van der Waals surface area contributed by atoms with E-state index in [1.165, 1.54) is 22.3 Å². The number of nitrogens with zero attached hydrogens (tertiary/aromatic N) is 2. The van der Waals surface area contributed by atoms with Gasteiger partial charge in [-0.1, -0.05) is 77.2 Å². The van der Waals surface area contributed by atoms with Crippen molar-refractivity contribution in [2.45, 2.75) is 30.5 Å². The zero-order valence-corrected chi connectivity index (χ0v) is 14.9. The Labute approximate surface area is 145 Å². The molecule has 0 radical (unpaired) electrons. The topological polar surface area (TPSA) is 37.8 Å². The summed E-state index contributed by atoms with van der Waals surface area (Å²) in [6.45, 7) is 5.02. The number of benzene rings is 2. The molecule has 0 aliphatic rings. The third-order valence-corrected chi connectivity index (χ3v) is 5.65. The molecule has 3 rings (SSSR count). The van der Waals surface area contributed by atoms with Crippen LogP contribution in [0.3, 0.4) is 0 Å². The van der Waals surface area contributed by atoms with Crippen molar-refractivity contribution < 1.29 is 0 Å². The number of anilines is 1. The molecule has 0 saturated heterocycles. The molecule has 0 amide bonds. The van der Waals surface area contributed by atoms with Crippen molar-refractivity contribution in [2.24, 2.45) is 0 Å². The average molecular weight is 342 g/mol. The summed E-state index contributed by atoms with van der Waals surface area (Å²) >= 11 is 3.35. The summed E-state index contributed by atoms with van der Waals surface area (Å²) in [4.78, 5) is 0. The standard InChI is InChI=1S/C18H19N3S2/c1-13-7-9-15(10-8-13)11-19-17-20-21-18(23-17)22-12-16-6-4-3-5-14(16)2/h3-10H,11-12H2,1-2H3,(H,19,20). The molecule has 0 unspecified atom stereocenters. The van der Waals surface area contributed by atoms with Crippen LogP contribution in [0.2, 0.25) is 0 Å². The lowest BCUT2D eigenvalue weighted by Crippen LogP contribution is -1.98. The molecule has 0 saturated carbocycles. The van der Waals surface area contributed by atoms with Crippen molar-refractivity contribution in [2.75, 3.05) is 5.32 Å². The van der Waals surface area contributed by atoms with Gasteiger partial charge in [-0.05, 0) is 30.5 Å². The van der Waals surface area contributed by atoms with Gasteiger partial charge in [0.05, 0.1) is 0 Å². The van der Waals surface area contributed by atoms with Crippen LogP contribution in [0, 0.1) is 13.8 Å². The van der Waals surface area contributed by atoms with Crippen LogP contribution >= 0.6 is 23.1 Å². The second-order valence-electron chi connectivity index (χ2n) is 5.43. The molecule has 0 atom stereocenters. The largest absolute Gasteiger partial charge is 0.356 e. The lowest BCUT2D eigenvalue weighted by molar-refractivity contribution is 0.995. The van der Waals surface area contributed by atoms with Crippen LogP contribution in [0.1, 0.15) is 22.3 Å². The van der Waals surface area contributed by atoms with Crippen LogP contribution in [0.4, 0.5) is 5.13 Å². The Kier molecular flexibility index (Phi) is 5.31. The Morgan fingerprint density at radius 2 is 1.78 bits per heavy atom.